The third kappa shape index (κ3) is 3.87. The predicted octanol–water partition coefficient (Wildman–Crippen LogP) is 3.29. The Balaban J connectivity index is 2.88. The molecule has 4 heteroatoms. The van der Waals surface area contributed by atoms with Crippen molar-refractivity contribution in [3.63, 3.8) is 0 Å². The van der Waals surface area contributed by atoms with E-state index in [1.54, 1.807) is 7.11 Å². The highest BCUT2D eigenvalue weighted by Gasteiger charge is 2.14. The minimum atomic E-state index is 0.135. The average molecular weight is 257 g/mol. The maximum absolute atomic E-state index is 6.00. The van der Waals surface area contributed by atoms with Gasteiger partial charge in [-0.1, -0.05) is 37.9 Å². The molecule has 96 valence electrons. The Kier molecular flexibility index (Phi) is 5.75. The van der Waals surface area contributed by atoms with Crippen LogP contribution < -0.4 is 16.0 Å². The third-order valence-corrected chi connectivity index (χ3v) is 3.43. The van der Waals surface area contributed by atoms with Gasteiger partial charge in [0.05, 0.1) is 12.1 Å². The summed E-state index contributed by atoms with van der Waals surface area (Å²) in [6.07, 6.45) is 2.14. The molecule has 0 aliphatic heterocycles. The van der Waals surface area contributed by atoms with Crippen molar-refractivity contribution in [3.05, 3.63) is 28.8 Å². The molecule has 1 aromatic carbocycles. The van der Waals surface area contributed by atoms with E-state index in [0.717, 1.165) is 18.4 Å². The van der Waals surface area contributed by atoms with Crippen molar-refractivity contribution in [2.45, 2.75) is 32.7 Å². The molecule has 2 unspecified atom stereocenters. The SMILES string of the molecule is CCC(C)CC(NN)c1ccc(Cl)c(OC)c1. The number of hydrogen-bond acceptors (Lipinski definition) is 3. The van der Waals surface area contributed by atoms with Gasteiger partial charge in [-0.05, 0) is 30.0 Å². The topological polar surface area (TPSA) is 47.3 Å². The minimum absolute atomic E-state index is 0.135. The van der Waals surface area contributed by atoms with Crippen molar-refractivity contribution >= 4 is 11.6 Å². The molecule has 0 amide bonds. The van der Waals surface area contributed by atoms with Gasteiger partial charge >= 0.3 is 0 Å². The third-order valence-electron chi connectivity index (χ3n) is 3.11. The minimum Gasteiger partial charge on any atom is -0.495 e. The molecule has 3 nitrogen and oxygen atoms in total. The molecule has 0 fully saturated rings. The van der Waals surface area contributed by atoms with Crippen molar-refractivity contribution < 1.29 is 4.74 Å². The number of rotatable bonds is 6. The van der Waals surface area contributed by atoms with Crippen LogP contribution in [0, 0.1) is 5.92 Å². The lowest BCUT2D eigenvalue weighted by Gasteiger charge is -2.20. The summed E-state index contributed by atoms with van der Waals surface area (Å²) in [4.78, 5) is 0. The van der Waals surface area contributed by atoms with Crippen LogP contribution in [0.2, 0.25) is 5.02 Å². The lowest BCUT2D eigenvalue weighted by atomic mass is 9.94. The standard InChI is InChI=1S/C13H21ClN2O/c1-4-9(2)7-12(16-15)10-5-6-11(14)13(8-10)17-3/h5-6,8-9,12,16H,4,7,15H2,1-3H3. The van der Waals surface area contributed by atoms with Gasteiger partial charge in [0.15, 0.2) is 0 Å². The molecular formula is C13H21ClN2O. The molecule has 2 atom stereocenters. The first-order valence-corrected chi connectivity index (χ1v) is 6.29. The molecule has 1 aromatic rings. The molecule has 0 aliphatic rings. The van der Waals surface area contributed by atoms with Gasteiger partial charge in [0.1, 0.15) is 5.75 Å². The monoisotopic (exact) mass is 256 g/mol. The number of halogens is 1. The van der Waals surface area contributed by atoms with E-state index < -0.39 is 0 Å². The van der Waals surface area contributed by atoms with Crippen LogP contribution in [0.3, 0.4) is 0 Å². The molecule has 0 saturated carbocycles. The summed E-state index contributed by atoms with van der Waals surface area (Å²) < 4.78 is 5.21. The van der Waals surface area contributed by atoms with Crippen LogP contribution >= 0.6 is 11.6 Å². The van der Waals surface area contributed by atoms with Gasteiger partial charge in [-0.2, -0.15) is 0 Å². The van der Waals surface area contributed by atoms with Crippen molar-refractivity contribution in [2.75, 3.05) is 7.11 Å². The number of methoxy groups -OCH3 is 1. The Labute approximate surface area is 108 Å². The lowest BCUT2D eigenvalue weighted by molar-refractivity contribution is 0.398. The molecule has 0 saturated heterocycles. The fraction of sp³-hybridized carbons (Fsp3) is 0.538. The van der Waals surface area contributed by atoms with Crippen LogP contribution in [-0.2, 0) is 0 Å². The van der Waals surface area contributed by atoms with Gasteiger partial charge in [-0.25, -0.2) is 0 Å². The van der Waals surface area contributed by atoms with E-state index in [0.29, 0.717) is 16.7 Å². The van der Waals surface area contributed by atoms with E-state index in [1.807, 2.05) is 18.2 Å². The Bertz CT molecular complexity index is 357. The first kappa shape index (κ1) is 14.3. The summed E-state index contributed by atoms with van der Waals surface area (Å²) in [5.41, 5.74) is 3.96. The van der Waals surface area contributed by atoms with Crippen LogP contribution in [0.4, 0.5) is 0 Å². The summed E-state index contributed by atoms with van der Waals surface area (Å²) in [5.74, 6) is 6.92. The zero-order valence-electron chi connectivity index (χ0n) is 10.7. The molecule has 3 N–H and O–H groups in total. The predicted molar refractivity (Wildman–Crippen MR) is 72.1 cm³/mol. The molecule has 17 heavy (non-hydrogen) atoms. The number of hydrazine groups is 1. The maximum atomic E-state index is 6.00. The summed E-state index contributed by atoms with van der Waals surface area (Å²) in [6, 6.07) is 5.90. The van der Waals surface area contributed by atoms with Crippen LogP contribution in [0.15, 0.2) is 18.2 Å². The zero-order chi connectivity index (χ0) is 12.8. The molecule has 0 spiro atoms. The molecule has 0 radical (unpaired) electrons. The van der Waals surface area contributed by atoms with Gasteiger partial charge in [0.25, 0.3) is 0 Å². The van der Waals surface area contributed by atoms with E-state index in [-0.39, 0.29) is 6.04 Å². The number of benzene rings is 1. The van der Waals surface area contributed by atoms with Gasteiger partial charge in [0.2, 0.25) is 0 Å². The number of hydrogen-bond donors (Lipinski definition) is 2. The molecule has 0 aromatic heterocycles. The summed E-state index contributed by atoms with van der Waals surface area (Å²) >= 11 is 6.00. The molecule has 0 aliphatic carbocycles. The first-order chi connectivity index (χ1) is 8.12. The van der Waals surface area contributed by atoms with Crippen LogP contribution in [0.1, 0.15) is 38.3 Å². The summed E-state index contributed by atoms with van der Waals surface area (Å²) in [7, 11) is 1.62. The Morgan fingerprint density at radius 2 is 2.18 bits per heavy atom. The smallest absolute Gasteiger partial charge is 0.137 e. The second-order valence-electron chi connectivity index (χ2n) is 4.36. The van der Waals surface area contributed by atoms with Crippen LogP contribution in [-0.4, -0.2) is 7.11 Å². The summed E-state index contributed by atoms with van der Waals surface area (Å²) in [6.45, 7) is 4.40. The highest BCUT2D eigenvalue weighted by atomic mass is 35.5. The zero-order valence-corrected chi connectivity index (χ0v) is 11.4. The van der Waals surface area contributed by atoms with Gasteiger partial charge < -0.3 is 4.74 Å². The first-order valence-electron chi connectivity index (χ1n) is 5.91. The van der Waals surface area contributed by atoms with E-state index in [1.165, 1.54) is 0 Å². The number of ether oxygens (including phenoxy) is 1. The number of nitrogens with one attached hydrogen (secondary N) is 1. The van der Waals surface area contributed by atoms with Crippen LogP contribution in [0.5, 0.6) is 5.75 Å². The molecular weight excluding hydrogens is 236 g/mol. The van der Waals surface area contributed by atoms with Crippen molar-refractivity contribution in [2.24, 2.45) is 11.8 Å². The van der Waals surface area contributed by atoms with Gasteiger partial charge in [-0.15, -0.1) is 0 Å². The fourth-order valence-corrected chi connectivity index (χ4v) is 1.96. The van der Waals surface area contributed by atoms with E-state index >= 15 is 0 Å². The molecule has 1 rings (SSSR count). The van der Waals surface area contributed by atoms with Crippen molar-refractivity contribution in [1.82, 2.24) is 5.43 Å². The highest BCUT2D eigenvalue weighted by Crippen LogP contribution is 2.30. The van der Waals surface area contributed by atoms with Gasteiger partial charge in [-0.3, -0.25) is 11.3 Å². The summed E-state index contributed by atoms with van der Waals surface area (Å²) in [5, 5.41) is 0.621. The highest BCUT2D eigenvalue weighted by molar-refractivity contribution is 6.32. The largest absolute Gasteiger partial charge is 0.495 e. The van der Waals surface area contributed by atoms with E-state index in [2.05, 4.69) is 19.3 Å². The maximum Gasteiger partial charge on any atom is 0.137 e. The normalized spacial score (nSPS) is 14.4. The van der Waals surface area contributed by atoms with Gasteiger partial charge in [0, 0.05) is 6.04 Å². The Hall–Kier alpha value is -0.770. The van der Waals surface area contributed by atoms with E-state index in [9.17, 15) is 0 Å². The Morgan fingerprint density at radius 1 is 1.47 bits per heavy atom. The van der Waals surface area contributed by atoms with E-state index in [4.69, 9.17) is 22.2 Å². The number of nitrogens with two attached hydrogens (primary N) is 1. The lowest BCUT2D eigenvalue weighted by Crippen LogP contribution is -2.29. The van der Waals surface area contributed by atoms with Crippen molar-refractivity contribution in [1.29, 1.82) is 0 Å². The molecule has 0 heterocycles. The van der Waals surface area contributed by atoms with Crippen molar-refractivity contribution in [3.8, 4) is 5.75 Å². The Morgan fingerprint density at radius 3 is 2.71 bits per heavy atom. The second-order valence-corrected chi connectivity index (χ2v) is 4.77. The second kappa shape index (κ2) is 6.84. The fourth-order valence-electron chi connectivity index (χ4n) is 1.76. The molecule has 0 bridgehead atoms. The average Bonchev–Trinajstić information content (AvgIpc) is 2.36. The quantitative estimate of drug-likeness (QED) is 0.607. The van der Waals surface area contributed by atoms with Crippen LogP contribution in [0.25, 0.3) is 0 Å².